The van der Waals surface area contributed by atoms with Gasteiger partial charge in [0.05, 0.1) is 19.4 Å². The molecule has 1 saturated heterocycles. The van der Waals surface area contributed by atoms with Gasteiger partial charge in [0.1, 0.15) is 0 Å². The summed E-state index contributed by atoms with van der Waals surface area (Å²) in [6.07, 6.45) is 1.14. The highest BCUT2D eigenvalue weighted by Crippen LogP contribution is 2.21. The lowest BCUT2D eigenvalue weighted by molar-refractivity contribution is -0.160. The molecule has 1 heterocycles. The van der Waals surface area contributed by atoms with Crippen molar-refractivity contribution in [3.8, 4) is 0 Å². The highest BCUT2D eigenvalue weighted by molar-refractivity contribution is 7.88. The molecule has 7 heteroatoms. The molecule has 0 N–H and O–H groups in total. The van der Waals surface area contributed by atoms with Gasteiger partial charge in [0, 0.05) is 20.6 Å². The number of carbonyl (C=O) groups excluding carboxylic acids is 1. The Balaban J connectivity index is 2.88. The second-order valence-electron chi connectivity index (χ2n) is 4.38. The maximum Gasteiger partial charge on any atom is 0.255 e. The third-order valence-electron chi connectivity index (χ3n) is 2.57. The molecule has 1 atom stereocenters. The van der Waals surface area contributed by atoms with Crippen molar-refractivity contribution in [3.05, 3.63) is 0 Å². The fourth-order valence-corrected chi connectivity index (χ4v) is 2.61. The summed E-state index contributed by atoms with van der Waals surface area (Å²) in [5.41, 5.74) is -1.08. The van der Waals surface area contributed by atoms with Crippen LogP contribution in [0.25, 0.3) is 0 Å². The first-order valence-electron chi connectivity index (χ1n) is 4.98. The number of rotatable bonds is 2. The van der Waals surface area contributed by atoms with Crippen molar-refractivity contribution >= 4 is 15.9 Å². The summed E-state index contributed by atoms with van der Waals surface area (Å²) in [5, 5.41) is 0. The maximum absolute atomic E-state index is 11.9. The minimum absolute atomic E-state index is 0.0723. The Labute approximate surface area is 96.2 Å². The van der Waals surface area contributed by atoms with E-state index in [0.29, 0.717) is 6.54 Å². The number of morpholine rings is 1. The average molecular weight is 250 g/mol. The number of nitrogens with zero attached hydrogens (tertiary/aromatic N) is 2. The molecule has 1 aliphatic heterocycles. The van der Waals surface area contributed by atoms with Gasteiger partial charge in [-0.05, 0) is 6.92 Å². The van der Waals surface area contributed by atoms with Crippen LogP contribution in [0.15, 0.2) is 0 Å². The first-order chi connectivity index (χ1) is 7.17. The lowest BCUT2D eigenvalue weighted by Crippen LogP contribution is -2.58. The minimum Gasteiger partial charge on any atom is -0.363 e. The zero-order valence-electron chi connectivity index (χ0n) is 10.1. The minimum atomic E-state index is -3.27. The van der Waals surface area contributed by atoms with Crippen LogP contribution in [0.4, 0.5) is 0 Å². The Morgan fingerprint density at radius 3 is 2.44 bits per heavy atom. The molecule has 0 saturated carbocycles. The molecule has 1 aliphatic rings. The van der Waals surface area contributed by atoms with Crippen LogP contribution in [0.5, 0.6) is 0 Å². The topological polar surface area (TPSA) is 66.9 Å². The van der Waals surface area contributed by atoms with E-state index in [-0.39, 0.29) is 19.1 Å². The number of likely N-dealkylation sites (N-methyl/N-ethyl adjacent to an activating group) is 1. The molecule has 1 amide bonds. The van der Waals surface area contributed by atoms with Crippen molar-refractivity contribution in [2.75, 3.05) is 40.0 Å². The second-order valence-corrected chi connectivity index (χ2v) is 6.36. The predicted molar refractivity (Wildman–Crippen MR) is 59.5 cm³/mol. The van der Waals surface area contributed by atoms with Crippen LogP contribution < -0.4 is 0 Å². The first kappa shape index (κ1) is 13.4. The van der Waals surface area contributed by atoms with Gasteiger partial charge in [-0.2, -0.15) is 4.31 Å². The average Bonchev–Trinajstić information content (AvgIpc) is 2.15. The van der Waals surface area contributed by atoms with Crippen molar-refractivity contribution < 1.29 is 17.9 Å². The van der Waals surface area contributed by atoms with Crippen LogP contribution in [-0.2, 0) is 19.6 Å². The summed E-state index contributed by atoms with van der Waals surface area (Å²) in [4.78, 5) is 13.3. The Bertz CT molecular complexity index is 379. The van der Waals surface area contributed by atoms with Gasteiger partial charge >= 0.3 is 0 Å². The maximum atomic E-state index is 11.9. The van der Waals surface area contributed by atoms with E-state index in [4.69, 9.17) is 4.74 Å². The normalized spacial score (nSPS) is 27.8. The number of hydrogen-bond donors (Lipinski definition) is 0. The summed E-state index contributed by atoms with van der Waals surface area (Å²) in [6.45, 7) is 2.23. The van der Waals surface area contributed by atoms with Crippen LogP contribution in [-0.4, -0.2) is 69.2 Å². The molecule has 1 fully saturated rings. The summed E-state index contributed by atoms with van der Waals surface area (Å²) >= 11 is 0. The van der Waals surface area contributed by atoms with Crippen molar-refractivity contribution in [2.45, 2.75) is 12.5 Å². The summed E-state index contributed by atoms with van der Waals surface area (Å²) in [6, 6.07) is 0. The molecular formula is C9H18N2O4S. The Hall–Kier alpha value is -0.660. The van der Waals surface area contributed by atoms with Gasteiger partial charge in [-0.15, -0.1) is 0 Å². The van der Waals surface area contributed by atoms with Crippen LogP contribution >= 0.6 is 0 Å². The zero-order chi connectivity index (χ0) is 12.6. The van der Waals surface area contributed by atoms with E-state index in [1.165, 1.54) is 9.21 Å². The molecule has 1 unspecified atom stereocenters. The fraction of sp³-hybridized carbons (Fsp3) is 0.889. The Kier molecular flexibility index (Phi) is 3.61. The molecule has 0 aliphatic carbocycles. The standard InChI is InChI=1S/C9H18N2O4S/c1-9(8(12)10(2)3)7-11(5-6-15-9)16(4,13)14/h5-7H2,1-4H3. The van der Waals surface area contributed by atoms with Gasteiger partial charge in [0.15, 0.2) is 5.60 Å². The van der Waals surface area contributed by atoms with E-state index in [1.54, 1.807) is 21.0 Å². The van der Waals surface area contributed by atoms with Crippen LogP contribution in [0.3, 0.4) is 0 Å². The van der Waals surface area contributed by atoms with E-state index in [2.05, 4.69) is 0 Å². The van der Waals surface area contributed by atoms with Gasteiger partial charge in [-0.25, -0.2) is 8.42 Å². The first-order valence-corrected chi connectivity index (χ1v) is 6.82. The molecule has 1 rings (SSSR count). The summed E-state index contributed by atoms with van der Waals surface area (Å²) < 4.78 is 29.5. The number of sulfonamides is 1. The highest BCUT2D eigenvalue weighted by Gasteiger charge is 2.42. The van der Waals surface area contributed by atoms with Gasteiger partial charge in [-0.3, -0.25) is 4.79 Å². The molecule has 0 aromatic heterocycles. The number of ether oxygens (including phenoxy) is 1. The highest BCUT2D eigenvalue weighted by atomic mass is 32.2. The smallest absolute Gasteiger partial charge is 0.255 e. The monoisotopic (exact) mass is 250 g/mol. The molecule has 0 bridgehead atoms. The molecule has 94 valence electrons. The number of carbonyl (C=O) groups is 1. The molecule has 0 radical (unpaired) electrons. The van der Waals surface area contributed by atoms with Gasteiger partial charge < -0.3 is 9.64 Å². The molecule has 16 heavy (non-hydrogen) atoms. The zero-order valence-corrected chi connectivity index (χ0v) is 10.9. The summed E-state index contributed by atoms with van der Waals surface area (Å²) in [5.74, 6) is -0.221. The van der Waals surface area contributed by atoms with Crippen LogP contribution in [0.2, 0.25) is 0 Å². The van der Waals surface area contributed by atoms with E-state index < -0.39 is 15.6 Å². The van der Waals surface area contributed by atoms with Crippen LogP contribution in [0.1, 0.15) is 6.92 Å². The van der Waals surface area contributed by atoms with Crippen molar-refractivity contribution in [3.63, 3.8) is 0 Å². The number of hydrogen-bond acceptors (Lipinski definition) is 4. The third-order valence-corrected chi connectivity index (χ3v) is 3.82. The van der Waals surface area contributed by atoms with Crippen molar-refractivity contribution in [1.29, 1.82) is 0 Å². The van der Waals surface area contributed by atoms with E-state index in [1.807, 2.05) is 0 Å². The van der Waals surface area contributed by atoms with Gasteiger partial charge in [0.25, 0.3) is 5.91 Å². The van der Waals surface area contributed by atoms with E-state index in [0.717, 1.165) is 6.26 Å². The van der Waals surface area contributed by atoms with Crippen molar-refractivity contribution in [2.24, 2.45) is 0 Å². The SMILES string of the molecule is CN(C)C(=O)C1(C)CN(S(C)(=O)=O)CCO1. The quantitative estimate of drug-likeness (QED) is 0.638. The Morgan fingerprint density at radius 1 is 1.44 bits per heavy atom. The Morgan fingerprint density at radius 2 is 2.00 bits per heavy atom. The summed E-state index contributed by atoms with van der Waals surface area (Å²) in [7, 11) is -0.0308. The molecule has 0 spiro atoms. The predicted octanol–water partition coefficient (Wildman–Crippen LogP) is -0.875. The molecule has 0 aromatic carbocycles. The van der Waals surface area contributed by atoms with Gasteiger partial charge in [-0.1, -0.05) is 0 Å². The van der Waals surface area contributed by atoms with Crippen LogP contribution in [0, 0.1) is 0 Å². The van der Waals surface area contributed by atoms with E-state index in [9.17, 15) is 13.2 Å². The second kappa shape index (κ2) is 4.31. The van der Waals surface area contributed by atoms with Gasteiger partial charge in [0.2, 0.25) is 10.0 Å². The lowest BCUT2D eigenvalue weighted by atomic mass is 10.0. The lowest BCUT2D eigenvalue weighted by Gasteiger charge is -2.39. The third kappa shape index (κ3) is 2.72. The van der Waals surface area contributed by atoms with E-state index >= 15 is 0 Å². The fourth-order valence-electron chi connectivity index (χ4n) is 1.72. The number of amides is 1. The molecular weight excluding hydrogens is 232 g/mol. The van der Waals surface area contributed by atoms with Crippen molar-refractivity contribution in [1.82, 2.24) is 9.21 Å². The molecule has 0 aromatic rings. The molecule has 6 nitrogen and oxygen atoms in total. The largest absolute Gasteiger partial charge is 0.363 e.